The van der Waals surface area contributed by atoms with Crippen molar-refractivity contribution in [3.63, 3.8) is 0 Å². The van der Waals surface area contributed by atoms with Gasteiger partial charge in [-0.2, -0.15) is 0 Å². The van der Waals surface area contributed by atoms with Gasteiger partial charge in [0.25, 0.3) is 11.8 Å². The van der Waals surface area contributed by atoms with Gasteiger partial charge in [0.05, 0.1) is 11.8 Å². The molecular weight excluding hydrogens is 347 g/mol. The molecule has 1 heterocycles. The van der Waals surface area contributed by atoms with Crippen molar-refractivity contribution >= 4 is 11.8 Å². The van der Waals surface area contributed by atoms with Gasteiger partial charge in [0.1, 0.15) is 11.5 Å². The van der Waals surface area contributed by atoms with Gasteiger partial charge in [-0.05, 0) is 50.7 Å². The number of aromatic nitrogens is 2. The Hall–Kier alpha value is -2.83. The van der Waals surface area contributed by atoms with E-state index in [1.165, 1.54) is 30.7 Å². The second kappa shape index (κ2) is 6.72. The molecule has 2 aliphatic carbocycles. The van der Waals surface area contributed by atoms with Crippen molar-refractivity contribution in [1.29, 1.82) is 0 Å². The Kier molecular flexibility index (Phi) is 4.37. The van der Waals surface area contributed by atoms with Gasteiger partial charge in [0, 0.05) is 23.5 Å². The van der Waals surface area contributed by atoms with Crippen molar-refractivity contribution in [1.82, 2.24) is 20.6 Å². The number of nitrogens with zero attached hydrogens (tertiary/aromatic N) is 2. The number of amides is 2. The highest BCUT2D eigenvalue weighted by atomic mass is 19.1. The third-order valence-electron chi connectivity index (χ3n) is 5.74. The van der Waals surface area contributed by atoms with Crippen LogP contribution in [0.2, 0.25) is 0 Å². The van der Waals surface area contributed by atoms with Gasteiger partial charge in [0.2, 0.25) is 0 Å². The van der Waals surface area contributed by atoms with Crippen LogP contribution in [-0.2, 0) is 0 Å². The minimum Gasteiger partial charge on any atom is -0.346 e. The number of carbonyl (C=O) groups is 2. The Bertz CT molecular complexity index is 875. The normalized spacial score (nSPS) is 26.4. The molecule has 0 radical (unpaired) electrons. The van der Waals surface area contributed by atoms with Crippen LogP contribution >= 0.6 is 0 Å². The predicted molar refractivity (Wildman–Crippen MR) is 96.5 cm³/mol. The maximum Gasteiger partial charge on any atom is 0.271 e. The van der Waals surface area contributed by atoms with Crippen molar-refractivity contribution in [2.45, 2.75) is 49.6 Å². The van der Waals surface area contributed by atoms with Crippen molar-refractivity contribution in [2.24, 2.45) is 0 Å². The molecule has 7 heteroatoms. The van der Waals surface area contributed by atoms with Crippen LogP contribution < -0.4 is 10.6 Å². The lowest BCUT2D eigenvalue weighted by Gasteiger charge is -2.40. The summed E-state index contributed by atoms with van der Waals surface area (Å²) < 4.78 is 13.9. The van der Waals surface area contributed by atoms with Crippen molar-refractivity contribution in [3.8, 4) is 0 Å². The molecule has 2 saturated carbocycles. The minimum atomic E-state index is -0.526. The van der Waals surface area contributed by atoms with E-state index in [2.05, 4.69) is 20.6 Å². The lowest BCUT2D eigenvalue weighted by Crippen LogP contribution is -2.55. The van der Waals surface area contributed by atoms with E-state index in [0.717, 1.165) is 32.1 Å². The number of rotatable bonds is 4. The van der Waals surface area contributed by atoms with Crippen molar-refractivity contribution in [3.05, 3.63) is 59.9 Å². The lowest BCUT2D eigenvalue weighted by atomic mass is 9.78. The molecule has 6 nitrogen and oxygen atoms in total. The van der Waals surface area contributed by atoms with Crippen molar-refractivity contribution < 1.29 is 14.0 Å². The van der Waals surface area contributed by atoms with E-state index in [9.17, 15) is 14.0 Å². The number of halogens is 1. The molecule has 140 valence electrons. The zero-order valence-corrected chi connectivity index (χ0v) is 14.9. The quantitative estimate of drug-likeness (QED) is 0.869. The largest absolute Gasteiger partial charge is 0.346 e. The highest BCUT2D eigenvalue weighted by Gasteiger charge is 2.52. The molecule has 1 aromatic carbocycles. The van der Waals surface area contributed by atoms with Crippen LogP contribution in [0.3, 0.4) is 0 Å². The lowest BCUT2D eigenvalue weighted by molar-refractivity contribution is 0.0827. The number of fused-ring (bicyclic) bond motifs is 2. The molecule has 27 heavy (non-hydrogen) atoms. The number of hydrogen-bond donors (Lipinski definition) is 2. The summed E-state index contributed by atoms with van der Waals surface area (Å²) in [5, 5.41) is 6.18. The first kappa shape index (κ1) is 17.6. The smallest absolute Gasteiger partial charge is 0.271 e. The third-order valence-corrected chi connectivity index (χ3v) is 5.74. The van der Waals surface area contributed by atoms with Gasteiger partial charge in [-0.1, -0.05) is 12.1 Å². The summed E-state index contributed by atoms with van der Waals surface area (Å²) in [6.07, 6.45) is 9.20. The zero-order valence-electron chi connectivity index (χ0n) is 14.9. The van der Waals surface area contributed by atoms with E-state index < -0.39 is 17.3 Å². The van der Waals surface area contributed by atoms with E-state index in [1.54, 1.807) is 12.1 Å². The SMILES string of the molecule is O=C(NC12CCCC(NC(=O)c3ccccc3F)(CC1)C2)c1cnccn1. The maximum atomic E-state index is 13.9. The minimum absolute atomic E-state index is 0.0542. The van der Waals surface area contributed by atoms with Crippen LogP contribution in [0.5, 0.6) is 0 Å². The molecule has 2 bridgehead atoms. The van der Waals surface area contributed by atoms with Gasteiger partial charge in [0.15, 0.2) is 0 Å². The van der Waals surface area contributed by atoms with Crippen LogP contribution in [0.25, 0.3) is 0 Å². The Balaban J connectivity index is 1.49. The standard InChI is InChI=1S/C20H21FN4O2/c21-15-5-2-1-4-14(15)17(26)24-19-6-3-7-20(13-19,9-8-19)25-18(27)16-12-22-10-11-23-16/h1-2,4-5,10-12H,3,6-9,13H2,(H,24,26)(H,25,27). The third kappa shape index (κ3) is 3.41. The molecule has 2 atom stereocenters. The summed E-state index contributed by atoms with van der Waals surface area (Å²) in [6, 6.07) is 5.99. The first-order valence-electron chi connectivity index (χ1n) is 9.17. The summed E-state index contributed by atoms with van der Waals surface area (Å²) in [5.74, 6) is -1.17. The molecule has 2 unspecified atom stereocenters. The fourth-order valence-electron chi connectivity index (χ4n) is 4.51. The summed E-state index contributed by atoms with van der Waals surface area (Å²) >= 11 is 0. The molecule has 2 aromatic rings. The highest BCUT2D eigenvalue weighted by molar-refractivity contribution is 5.95. The van der Waals surface area contributed by atoms with Gasteiger partial charge in [-0.3, -0.25) is 14.6 Å². The van der Waals surface area contributed by atoms with Gasteiger partial charge >= 0.3 is 0 Å². The monoisotopic (exact) mass is 368 g/mol. The molecule has 0 spiro atoms. The van der Waals surface area contributed by atoms with Gasteiger partial charge in [-0.25, -0.2) is 9.37 Å². The summed E-state index contributed by atoms with van der Waals surface area (Å²) in [6.45, 7) is 0. The summed E-state index contributed by atoms with van der Waals surface area (Å²) in [5.41, 5.74) is -0.438. The molecule has 2 amide bonds. The second-order valence-electron chi connectivity index (χ2n) is 7.57. The van der Waals surface area contributed by atoms with E-state index in [-0.39, 0.29) is 22.7 Å². The Morgan fingerprint density at radius 3 is 2.33 bits per heavy atom. The Morgan fingerprint density at radius 1 is 0.963 bits per heavy atom. The van der Waals surface area contributed by atoms with Crippen LogP contribution in [-0.4, -0.2) is 32.9 Å². The average Bonchev–Trinajstić information content (AvgIpc) is 2.92. The van der Waals surface area contributed by atoms with Crippen LogP contribution in [0.1, 0.15) is 59.4 Å². The van der Waals surface area contributed by atoms with E-state index in [0.29, 0.717) is 6.42 Å². The number of carbonyl (C=O) groups excluding carboxylic acids is 2. The predicted octanol–water partition coefficient (Wildman–Crippen LogP) is 2.62. The Morgan fingerprint density at radius 2 is 1.67 bits per heavy atom. The first-order chi connectivity index (χ1) is 13.0. The number of benzene rings is 1. The van der Waals surface area contributed by atoms with E-state index in [4.69, 9.17) is 0 Å². The first-order valence-corrected chi connectivity index (χ1v) is 9.17. The second-order valence-corrected chi connectivity index (χ2v) is 7.57. The van der Waals surface area contributed by atoms with Crippen LogP contribution in [0.4, 0.5) is 4.39 Å². The highest BCUT2D eigenvalue weighted by Crippen LogP contribution is 2.48. The number of nitrogens with one attached hydrogen (secondary N) is 2. The molecule has 0 aliphatic heterocycles. The van der Waals surface area contributed by atoms with Crippen LogP contribution in [0.15, 0.2) is 42.9 Å². The fourth-order valence-corrected chi connectivity index (χ4v) is 4.51. The number of hydrogen-bond acceptors (Lipinski definition) is 4. The summed E-state index contributed by atoms with van der Waals surface area (Å²) in [7, 11) is 0. The summed E-state index contributed by atoms with van der Waals surface area (Å²) in [4.78, 5) is 33.1. The molecular formula is C20H21FN4O2. The van der Waals surface area contributed by atoms with E-state index >= 15 is 0 Å². The Labute approximate surface area is 156 Å². The molecule has 4 rings (SSSR count). The molecule has 2 fully saturated rings. The average molecular weight is 368 g/mol. The fraction of sp³-hybridized carbons (Fsp3) is 0.400. The van der Waals surface area contributed by atoms with E-state index in [1.807, 2.05) is 0 Å². The topological polar surface area (TPSA) is 84.0 Å². The molecule has 1 aromatic heterocycles. The van der Waals surface area contributed by atoms with Crippen LogP contribution in [0, 0.1) is 5.82 Å². The molecule has 0 saturated heterocycles. The maximum absolute atomic E-state index is 13.9. The zero-order chi connectivity index (χ0) is 18.9. The van der Waals surface area contributed by atoms with Gasteiger partial charge in [-0.15, -0.1) is 0 Å². The molecule has 2 aliphatic rings. The molecule has 2 N–H and O–H groups in total. The van der Waals surface area contributed by atoms with Crippen molar-refractivity contribution in [2.75, 3.05) is 0 Å². The van der Waals surface area contributed by atoms with Gasteiger partial charge < -0.3 is 10.6 Å².